The molecule has 0 saturated heterocycles. The zero-order chi connectivity index (χ0) is 13.5. The van der Waals surface area contributed by atoms with Crippen LogP contribution in [0.15, 0.2) is 42.6 Å². The fourth-order valence-corrected chi connectivity index (χ4v) is 2.01. The average molecular weight is 259 g/mol. The third-order valence-electron chi connectivity index (χ3n) is 2.93. The quantitative estimate of drug-likeness (QED) is 0.852. The Morgan fingerprint density at radius 3 is 2.58 bits per heavy atom. The normalized spacial score (nSPS) is 10.2. The second-order valence-corrected chi connectivity index (χ2v) is 4.17. The van der Waals surface area contributed by atoms with Crippen molar-refractivity contribution in [2.75, 3.05) is 14.2 Å². The molecule has 0 amide bonds. The zero-order valence-electron chi connectivity index (χ0n) is 11.3. The van der Waals surface area contributed by atoms with Gasteiger partial charge in [-0.25, -0.2) is 0 Å². The van der Waals surface area contributed by atoms with Crippen molar-refractivity contribution in [3.8, 4) is 11.5 Å². The van der Waals surface area contributed by atoms with E-state index in [0.29, 0.717) is 0 Å². The van der Waals surface area contributed by atoms with Gasteiger partial charge < -0.3 is 14.8 Å². The fraction of sp³-hybridized carbons (Fsp3) is 0.267. The van der Waals surface area contributed by atoms with E-state index in [1.165, 1.54) is 0 Å². The molecule has 0 spiro atoms. The molecule has 0 aliphatic heterocycles. The van der Waals surface area contributed by atoms with Crippen LogP contribution in [-0.4, -0.2) is 19.2 Å². The van der Waals surface area contributed by atoms with Crippen LogP contribution in [0.5, 0.6) is 11.5 Å². The Kier molecular flexibility index (Phi) is 4.75. The van der Waals surface area contributed by atoms with Crippen molar-refractivity contribution in [3.63, 3.8) is 0 Å². The number of pyridine rings is 1. The number of ether oxygens (including phenoxy) is 2. The van der Waals surface area contributed by atoms with E-state index in [1.807, 2.05) is 36.5 Å². The largest absolute Gasteiger partial charge is 0.493 e. The Hall–Kier alpha value is -2.07. The number of hydrogen-bond donors (Lipinski definition) is 1. The Balaban J connectivity index is 2.00. The second kappa shape index (κ2) is 6.75. The van der Waals surface area contributed by atoms with E-state index >= 15 is 0 Å². The lowest BCUT2D eigenvalue weighted by Gasteiger charge is -2.11. The SMILES string of the molecule is COc1cccc(C[NH2+]Cc2ccccn2)c1OC. The van der Waals surface area contributed by atoms with Crippen molar-refractivity contribution in [2.45, 2.75) is 13.1 Å². The van der Waals surface area contributed by atoms with E-state index in [-0.39, 0.29) is 0 Å². The molecule has 1 aromatic carbocycles. The van der Waals surface area contributed by atoms with Crippen LogP contribution in [-0.2, 0) is 13.1 Å². The number of para-hydroxylation sites is 1. The summed E-state index contributed by atoms with van der Waals surface area (Å²) >= 11 is 0. The molecule has 19 heavy (non-hydrogen) atoms. The van der Waals surface area contributed by atoms with E-state index < -0.39 is 0 Å². The van der Waals surface area contributed by atoms with Gasteiger partial charge in [-0.3, -0.25) is 4.98 Å². The first-order valence-corrected chi connectivity index (χ1v) is 6.26. The Morgan fingerprint density at radius 2 is 1.89 bits per heavy atom. The summed E-state index contributed by atoms with van der Waals surface area (Å²) in [6.45, 7) is 1.68. The molecule has 100 valence electrons. The van der Waals surface area contributed by atoms with Crippen molar-refractivity contribution in [1.82, 2.24) is 4.98 Å². The van der Waals surface area contributed by atoms with Gasteiger partial charge in [0.15, 0.2) is 11.5 Å². The molecule has 4 nitrogen and oxygen atoms in total. The van der Waals surface area contributed by atoms with Crippen molar-refractivity contribution >= 4 is 0 Å². The summed E-state index contributed by atoms with van der Waals surface area (Å²) in [4.78, 5) is 4.30. The molecule has 0 fully saturated rings. The van der Waals surface area contributed by atoms with Crippen LogP contribution in [0.1, 0.15) is 11.3 Å². The molecule has 0 bridgehead atoms. The minimum absolute atomic E-state index is 0.770. The van der Waals surface area contributed by atoms with Crippen LogP contribution in [0.3, 0.4) is 0 Å². The first-order chi connectivity index (χ1) is 9.35. The molecule has 1 heterocycles. The molecule has 1 aromatic heterocycles. The maximum atomic E-state index is 5.41. The summed E-state index contributed by atoms with van der Waals surface area (Å²) in [7, 11) is 3.32. The van der Waals surface area contributed by atoms with E-state index in [4.69, 9.17) is 9.47 Å². The zero-order valence-corrected chi connectivity index (χ0v) is 11.3. The maximum Gasteiger partial charge on any atom is 0.169 e. The number of benzene rings is 1. The summed E-state index contributed by atoms with van der Waals surface area (Å²) in [5.41, 5.74) is 2.20. The molecule has 0 unspecified atom stereocenters. The fourth-order valence-electron chi connectivity index (χ4n) is 2.01. The third-order valence-corrected chi connectivity index (χ3v) is 2.93. The van der Waals surface area contributed by atoms with Crippen molar-refractivity contribution in [1.29, 1.82) is 0 Å². The Morgan fingerprint density at radius 1 is 1.00 bits per heavy atom. The van der Waals surface area contributed by atoms with Gasteiger partial charge in [-0.2, -0.15) is 0 Å². The van der Waals surface area contributed by atoms with Crippen LogP contribution in [0.25, 0.3) is 0 Å². The maximum absolute atomic E-state index is 5.41. The summed E-state index contributed by atoms with van der Waals surface area (Å²) in [6.07, 6.45) is 1.81. The van der Waals surface area contributed by atoms with Gasteiger partial charge in [0.05, 0.1) is 25.5 Å². The predicted molar refractivity (Wildman–Crippen MR) is 73.1 cm³/mol. The first kappa shape index (κ1) is 13.4. The van der Waals surface area contributed by atoms with Gasteiger partial charge in [0.1, 0.15) is 13.1 Å². The highest BCUT2D eigenvalue weighted by molar-refractivity contribution is 5.46. The number of aromatic nitrogens is 1. The van der Waals surface area contributed by atoms with Crippen LogP contribution in [0.2, 0.25) is 0 Å². The number of nitrogens with two attached hydrogens (primary N) is 1. The van der Waals surface area contributed by atoms with Crippen molar-refractivity contribution < 1.29 is 14.8 Å². The van der Waals surface area contributed by atoms with Crippen LogP contribution in [0, 0.1) is 0 Å². The van der Waals surface area contributed by atoms with Gasteiger partial charge in [-0.15, -0.1) is 0 Å². The summed E-state index contributed by atoms with van der Waals surface area (Å²) < 4.78 is 10.7. The van der Waals surface area contributed by atoms with Gasteiger partial charge in [0, 0.05) is 6.20 Å². The predicted octanol–water partition coefficient (Wildman–Crippen LogP) is 1.36. The average Bonchev–Trinajstić information content (AvgIpc) is 2.48. The van der Waals surface area contributed by atoms with E-state index in [1.54, 1.807) is 14.2 Å². The van der Waals surface area contributed by atoms with Crippen LogP contribution >= 0.6 is 0 Å². The molecule has 0 saturated carbocycles. The van der Waals surface area contributed by atoms with Gasteiger partial charge in [0.25, 0.3) is 0 Å². The number of rotatable bonds is 6. The van der Waals surface area contributed by atoms with Crippen LogP contribution in [0.4, 0.5) is 0 Å². The third kappa shape index (κ3) is 3.45. The highest BCUT2D eigenvalue weighted by Gasteiger charge is 2.10. The Bertz CT molecular complexity index is 515. The Labute approximate surface area is 113 Å². The molecular formula is C15H19N2O2+. The smallest absolute Gasteiger partial charge is 0.169 e. The molecule has 2 N–H and O–H groups in total. The number of nitrogens with zero attached hydrogens (tertiary/aromatic N) is 1. The lowest BCUT2D eigenvalue weighted by Crippen LogP contribution is -2.80. The van der Waals surface area contributed by atoms with Gasteiger partial charge >= 0.3 is 0 Å². The highest BCUT2D eigenvalue weighted by atomic mass is 16.5. The summed E-state index contributed by atoms with van der Waals surface area (Å²) in [6, 6.07) is 11.9. The van der Waals surface area contributed by atoms with Gasteiger partial charge in [0.2, 0.25) is 0 Å². The second-order valence-electron chi connectivity index (χ2n) is 4.17. The first-order valence-electron chi connectivity index (χ1n) is 6.26. The van der Waals surface area contributed by atoms with Crippen molar-refractivity contribution in [2.24, 2.45) is 0 Å². The minimum atomic E-state index is 0.770. The van der Waals surface area contributed by atoms with Gasteiger partial charge in [-0.1, -0.05) is 12.1 Å². The molecule has 0 aliphatic rings. The monoisotopic (exact) mass is 259 g/mol. The molecule has 2 rings (SSSR count). The number of hydrogen-bond acceptors (Lipinski definition) is 3. The highest BCUT2D eigenvalue weighted by Crippen LogP contribution is 2.29. The summed E-state index contributed by atoms with van der Waals surface area (Å²) in [5, 5.41) is 2.19. The van der Waals surface area contributed by atoms with Gasteiger partial charge in [-0.05, 0) is 24.3 Å². The number of methoxy groups -OCH3 is 2. The standard InChI is InChI=1S/C15H18N2O2/c1-18-14-8-5-6-12(15(14)19-2)10-16-11-13-7-3-4-9-17-13/h3-9,16H,10-11H2,1-2H3/p+1. The molecule has 4 heteroatoms. The van der Waals surface area contributed by atoms with E-state index in [0.717, 1.165) is 35.8 Å². The topological polar surface area (TPSA) is 48.0 Å². The minimum Gasteiger partial charge on any atom is -0.493 e. The molecular weight excluding hydrogens is 240 g/mol. The lowest BCUT2D eigenvalue weighted by atomic mass is 10.2. The summed E-state index contributed by atoms with van der Waals surface area (Å²) in [5.74, 6) is 1.58. The van der Waals surface area contributed by atoms with Crippen LogP contribution < -0.4 is 14.8 Å². The number of quaternary nitrogens is 1. The molecule has 0 atom stereocenters. The van der Waals surface area contributed by atoms with E-state index in [9.17, 15) is 0 Å². The van der Waals surface area contributed by atoms with Crippen molar-refractivity contribution in [3.05, 3.63) is 53.9 Å². The lowest BCUT2D eigenvalue weighted by molar-refractivity contribution is -0.686. The molecule has 0 aliphatic carbocycles. The molecule has 2 aromatic rings. The van der Waals surface area contributed by atoms with E-state index in [2.05, 4.69) is 16.4 Å². The molecule has 0 radical (unpaired) electrons.